The molecular formula is C14H20N2O2. The summed E-state index contributed by atoms with van der Waals surface area (Å²) < 4.78 is 0. The second kappa shape index (κ2) is 5.98. The first-order valence-corrected chi connectivity index (χ1v) is 6.36. The van der Waals surface area contributed by atoms with Crippen LogP contribution in [-0.4, -0.2) is 54.0 Å². The monoisotopic (exact) mass is 248 g/mol. The van der Waals surface area contributed by atoms with Crippen molar-refractivity contribution in [2.75, 3.05) is 33.2 Å². The Labute approximate surface area is 108 Å². The van der Waals surface area contributed by atoms with Crippen LogP contribution in [-0.2, 0) is 4.79 Å². The molecule has 18 heavy (non-hydrogen) atoms. The zero-order valence-corrected chi connectivity index (χ0v) is 10.7. The molecule has 0 bridgehead atoms. The van der Waals surface area contributed by atoms with Gasteiger partial charge < -0.3 is 14.9 Å². The first-order chi connectivity index (χ1) is 8.66. The molecule has 1 aliphatic heterocycles. The highest BCUT2D eigenvalue weighted by molar-refractivity contribution is 5.77. The van der Waals surface area contributed by atoms with Crippen molar-refractivity contribution in [3.8, 4) is 0 Å². The molecule has 0 spiro atoms. The minimum absolute atomic E-state index is 0.0412. The number of benzene rings is 1. The molecule has 98 valence electrons. The molecule has 1 heterocycles. The van der Waals surface area contributed by atoms with Gasteiger partial charge in [0.15, 0.2) is 0 Å². The Morgan fingerprint density at radius 1 is 1.22 bits per heavy atom. The van der Waals surface area contributed by atoms with E-state index in [4.69, 9.17) is 0 Å². The van der Waals surface area contributed by atoms with Gasteiger partial charge in [-0.1, -0.05) is 30.3 Å². The van der Waals surface area contributed by atoms with Crippen LogP contribution < -0.4 is 0 Å². The molecule has 0 aliphatic carbocycles. The van der Waals surface area contributed by atoms with Gasteiger partial charge in [-0.3, -0.25) is 4.79 Å². The number of carbonyl (C=O) groups is 1. The van der Waals surface area contributed by atoms with Crippen LogP contribution in [0.5, 0.6) is 0 Å². The Kier molecular flexibility index (Phi) is 4.33. The maximum atomic E-state index is 12.0. The number of rotatable bonds is 3. The molecule has 4 heteroatoms. The van der Waals surface area contributed by atoms with Crippen LogP contribution in [0.15, 0.2) is 30.3 Å². The van der Waals surface area contributed by atoms with Crippen LogP contribution in [0.4, 0.5) is 0 Å². The SMILES string of the molecule is CN1CCN(C(=O)CC(O)c2ccccc2)CC1. The van der Waals surface area contributed by atoms with Crippen molar-refractivity contribution in [1.82, 2.24) is 9.80 Å². The molecule has 0 saturated carbocycles. The predicted octanol–water partition coefficient (Wildman–Crippen LogP) is 0.884. The van der Waals surface area contributed by atoms with Gasteiger partial charge in [-0.15, -0.1) is 0 Å². The molecule has 1 saturated heterocycles. The fourth-order valence-corrected chi connectivity index (χ4v) is 2.14. The van der Waals surface area contributed by atoms with Gasteiger partial charge in [0, 0.05) is 26.2 Å². The maximum Gasteiger partial charge on any atom is 0.225 e. The lowest BCUT2D eigenvalue weighted by Crippen LogP contribution is -2.47. The number of hydrogen-bond acceptors (Lipinski definition) is 3. The number of aliphatic hydroxyl groups excluding tert-OH is 1. The van der Waals surface area contributed by atoms with Crippen molar-refractivity contribution in [3.63, 3.8) is 0 Å². The van der Waals surface area contributed by atoms with Gasteiger partial charge in [-0.25, -0.2) is 0 Å². The van der Waals surface area contributed by atoms with E-state index in [-0.39, 0.29) is 12.3 Å². The van der Waals surface area contributed by atoms with E-state index in [9.17, 15) is 9.90 Å². The summed E-state index contributed by atoms with van der Waals surface area (Å²) in [5.41, 5.74) is 0.806. The first kappa shape index (κ1) is 13.1. The largest absolute Gasteiger partial charge is 0.388 e. The van der Waals surface area contributed by atoms with Crippen LogP contribution >= 0.6 is 0 Å². The summed E-state index contributed by atoms with van der Waals surface area (Å²) in [4.78, 5) is 16.1. The molecule has 1 amide bonds. The topological polar surface area (TPSA) is 43.8 Å². The molecule has 0 radical (unpaired) electrons. The molecule has 1 aliphatic rings. The molecule has 4 nitrogen and oxygen atoms in total. The van der Waals surface area contributed by atoms with Crippen molar-refractivity contribution in [1.29, 1.82) is 0 Å². The summed E-state index contributed by atoms with van der Waals surface area (Å²) in [5, 5.41) is 10.0. The number of nitrogens with zero attached hydrogens (tertiary/aromatic N) is 2. The van der Waals surface area contributed by atoms with Crippen LogP contribution in [0.2, 0.25) is 0 Å². The lowest BCUT2D eigenvalue weighted by atomic mass is 10.1. The van der Waals surface area contributed by atoms with Gasteiger partial charge >= 0.3 is 0 Å². The quantitative estimate of drug-likeness (QED) is 0.863. The Morgan fingerprint density at radius 2 is 1.83 bits per heavy atom. The van der Waals surface area contributed by atoms with Crippen molar-refractivity contribution in [2.24, 2.45) is 0 Å². The first-order valence-electron chi connectivity index (χ1n) is 6.36. The van der Waals surface area contributed by atoms with E-state index in [1.165, 1.54) is 0 Å². The zero-order valence-electron chi connectivity index (χ0n) is 10.7. The second-order valence-electron chi connectivity index (χ2n) is 4.81. The highest BCUT2D eigenvalue weighted by atomic mass is 16.3. The van der Waals surface area contributed by atoms with Crippen molar-refractivity contribution >= 4 is 5.91 Å². The van der Waals surface area contributed by atoms with Crippen LogP contribution in [0, 0.1) is 0 Å². The van der Waals surface area contributed by atoms with E-state index in [0.717, 1.165) is 31.7 Å². The van der Waals surface area contributed by atoms with Gasteiger partial charge in [-0.05, 0) is 12.6 Å². The lowest BCUT2D eigenvalue weighted by Gasteiger charge is -2.32. The molecule has 1 atom stereocenters. The van der Waals surface area contributed by atoms with E-state index >= 15 is 0 Å². The van der Waals surface area contributed by atoms with E-state index in [1.807, 2.05) is 35.2 Å². The van der Waals surface area contributed by atoms with E-state index in [0.29, 0.717) is 0 Å². The predicted molar refractivity (Wildman–Crippen MR) is 70.1 cm³/mol. The molecule has 1 aromatic carbocycles. The van der Waals surface area contributed by atoms with Crippen LogP contribution in [0.25, 0.3) is 0 Å². The Bertz CT molecular complexity index is 386. The minimum atomic E-state index is -0.696. The zero-order chi connectivity index (χ0) is 13.0. The van der Waals surface area contributed by atoms with Gasteiger partial charge in [0.2, 0.25) is 5.91 Å². The third-order valence-electron chi connectivity index (χ3n) is 3.41. The molecule has 1 fully saturated rings. The number of piperazine rings is 1. The fourth-order valence-electron chi connectivity index (χ4n) is 2.14. The van der Waals surface area contributed by atoms with Crippen molar-refractivity contribution in [3.05, 3.63) is 35.9 Å². The van der Waals surface area contributed by atoms with Crippen molar-refractivity contribution in [2.45, 2.75) is 12.5 Å². The molecule has 1 aromatic rings. The van der Waals surface area contributed by atoms with Crippen LogP contribution in [0.3, 0.4) is 0 Å². The molecule has 0 aromatic heterocycles. The highest BCUT2D eigenvalue weighted by Gasteiger charge is 2.21. The van der Waals surface area contributed by atoms with E-state index in [1.54, 1.807) is 0 Å². The number of aliphatic hydroxyl groups is 1. The van der Waals surface area contributed by atoms with E-state index < -0.39 is 6.10 Å². The molecule has 1 N–H and O–H groups in total. The Hall–Kier alpha value is -1.39. The summed E-state index contributed by atoms with van der Waals surface area (Å²) in [6.45, 7) is 3.34. The normalized spacial score (nSPS) is 18.7. The summed E-state index contributed by atoms with van der Waals surface area (Å²) in [6, 6.07) is 9.35. The average molecular weight is 248 g/mol. The molecule has 2 rings (SSSR count). The Morgan fingerprint density at radius 3 is 2.44 bits per heavy atom. The summed E-state index contributed by atoms with van der Waals surface area (Å²) >= 11 is 0. The van der Waals surface area contributed by atoms with Gasteiger partial charge in [0.05, 0.1) is 12.5 Å². The fraction of sp³-hybridized carbons (Fsp3) is 0.500. The number of carbonyl (C=O) groups excluding carboxylic acids is 1. The Balaban J connectivity index is 1.87. The standard InChI is InChI=1S/C14H20N2O2/c1-15-7-9-16(10-8-15)14(18)11-13(17)12-5-3-2-4-6-12/h2-6,13,17H,7-11H2,1H3. The van der Waals surface area contributed by atoms with Crippen molar-refractivity contribution < 1.29 is 9.90 Å². The average Bonchev–Trinajstić information content (AvgIpc) is 2.40. The summed E-state index contributed by atoms with van der Waals surface area (Å²) in [7, 11) is 2.06. The minimum Gasteiger partial charge on any atom is -0.388 e. The number of amides is 1. The lowest BCUT2D eigenvalue weighted by molar-refractivity contribution is -0.134. The number of hydrogen-bond donors (Lipinski definition) is 1. The summed E-state index contributed by atoms with van der Waals surface area (Å²) in [5.74, 6) is 0.0412. The molecular weight excluding hydrogens is 228 g/mol. The maximum absolute atomic E-state index is 12.0. The van der Waals surface area contributed by atoms with Gasteiger partial charge in [-0.2, -0.15) is 0 Å². The second-order valence-corrected chi connectivity index (χ2v) is 4.81. The van der Waals surface area contributed by atoms with E-state index in [2.05, 4.69) is 11.9 Å². The smallest absolute Gasteiger partial charge is 0.225 e. The summed E-state index contributed by atoms with van der Waals surface area (Å²) in [6.07, 6.45) is -0.522. The molecule has 1 unspecified atom stereocenters. The third kappa shape index (κ3) is 3.31. The number of likely N-dealkylation sites (N-methyl/N-ethyl adjacent to an activating group) is 1. The van der Waals surface area contributed by atoms with Crippen LogP contribution in [0.1, 0.15) is 18.1 Å². The van der Waals surface area contributed by atoms with Gasteiger partial charge in [0.1, 0.15) is 0 Å². The highest BCUT2D eigenvalue weighted by Crippen LogP contribution is 2.17. The van der Waals surface area contributed by atoms with Gasteiger partial charge in [0.25, 0.3) is 0 Å². The third-order valence-corrected chi connectivity index (χ3v) is 3.41.